The van der Waals surface area contributed by atoms with Crippen LogP contribution in [0.15, 0.2) is 36.9 Å². The van der Waals surface area contributed by atoms with Crippen molar-refractivity contribution in [1.82, 2.24) is 9.97 Å². The van der Waals surface area contributed by atoms with Crippen LogP contribution < -0.4 is 0 Å². The standard InChI is InChI=1S/C12H7F3N2O2/c13-12(14,15)8-1-2-9(10(3-8)11(18)19)7-4-16-6-17-5-7/h1-6H,(H,18,19). The fourth-order valence-electron chi connectivity index (χ4n) is 1.59. The molecule has 19 heavy (non-hydrogen) atoms. The smallest absolute Gasteiger partial charge is 0.416 e. The van der Waals surface area contributed by atoms with Gasteiger partial charge >= 0.3 is 12.1 Å². The summed E-state index contributed by atoms with van der Waals surface area (Å²) in [5.74, 6) is -1.44. The quantitative estimate of drug-likeness (QED) is 0.909. The van der Waals surface area contributed by atoms with Crippen molar-refractivity contribution in [2.75, 3.05) is 0 Å². The number of aromatic carboxylic acids is 1. The maximum atomic E-state index is 12.5. The summed E-state index contributed by atoms with van der Waals surface area (Å²) in [5, 5.41) is 9.01. The third kappa shape index (κ3) is 2.70. The molecule has 0 bridgehead atoms. The summed E-state index contributed by atoms with van der Waals surface area (Å²) in [4.78, 5) is 18.5. The second-order valence-corrected chi connectivity index (χ2v) is 3.69. The zero-order valence-electron chi connectivity index (χ0n) is 9.35. The highest BCUT2D eigenvalue weighted by Gasteiger charge is 2.31. The number of rotatable bonds is 2. The van der Waals surface area contributed by atoms with Crippen molar-refractivity contribution in [2.45, 2.75) is 6.18 Å². The summed E-state index contributed by atoms with van der Waals surface area (Å²) >= 11 is 0. The molecule has 0 spiro atoms. The molecule has 0 fully saturated rings. The van der Waals surface area contributed by atoms with Crippen LogP contribution in [-0.4, -0.2) is 21.0 Å². The van der Waals surface area contributed by atoms with Gasteiger partial charge < -0.3 is 5.11 Å². The number of carboxylic acid groups (broad SMARTS) is 1. The second kappa shape index (κ2) is 4.68. The van der Waals surface area contributed by atoms with Gasteiger partial charge in [0, 0.05) is 18.0 Å². The van der Waals surface area contributed by atoms with Crippen molar-refractivity contribution in [3.63, 3.8) is 0 Å². The van der Waals surface area contributed by atoms with Crippen LogP contribution in [0.4, 0.5) is 13.2 Å². The average molecular weight is 268 g/mol. The summed E-state index contributed by atoms with van der Waals surface area (Å²) in [6, 6.07) is 2.53. The SMILES string of the molecule is O=C(O)c1cc(C(F)(F)F)ccc1-c1cncnc1. The second-order valence-electron chi connectivity index (χ2n) is 3.69. The normalized spacial score (nSPS) is 11.3. The highest BCUT2D eigenvalue weighted by Crippen LogP contribution is 2.33. The third-order valence-electron chi connectivity index (χ3n) is 2.45. The Morgan fingerprint density at radius 1 is 1.16 bits per heavy atom. The van der Waals surface area contributed by atoms with Crippen LogP contribution in [0.2, 0.25) is 0 Å². The zero-order chi connectivity index (χ0) is 14.0. The van der Waals surface area contributed by atoms with E-state index in [1.165, 1.54) is 18.7 Å². The largest absolute Gasteiger partial charge is 0.478 e. The molecule has 0 amide bonds. The molecule has 98 valence electrons. The lowest BCUT2D eigenvalue weighted by Gasteiger charge is -2.10. The summed E-state index contributed by atoms with van der Waals surface area (Å²) in [7, 11) is 0. The molecule has 2 rings (SSSR count). The summed E-state index contributed by atoms with van der Waals surface area (Å²) < 4.78 is 37.6. The van der Waals surface area contributed by atoms with E-state index in [2.05, 4.69) is 9.97 Å². The number of halogens is 3. The van der Waals surface area contributed by atoms with Gasteiger partial charge in [-0.3, -0.25) is 0 Å². The molecule has 0 aliphatic rings. The van der Waals surface area contributed by atoms with E-state index in [-0.39, 0.29) is 5.56 Å². The van der Waals surface area contributed by atoms with E-state index in [1.807, 2.05) is 0 Å². The van der Waals surface area contributed by atoms with Gasteiger partial charge in [-0.1, -0.05) is 6.07 Å². The van der Waals surface area contributed by atoms with Gasteiger partial charge in [0.1, 0.15) is 6.33 Å². The van der Waals surface area contributed by atoms with Gasteiger partial charge in [0.25, 0.3) is 0 Å². The van der Waals surface area contributed by atoms with Crippen molar-refractivity contribution < 1.29 is 23.1 Å². The molecule has 0 aliphatic heterocycles. The van der Waals surface area contributed by atoms with E-state index in [0.29, 0.717) is 11.6 Å². The highest BCUT2D eigenvalue weighted by molar-refractivity contribution is 5.96. The maximum absolute atomic E-state index is 12.5. The molecule has 0 atom stereocenters. The number of carboxylic acids is 1. The Kier molecular flexibility index (Phi) is 3.20. The lowest BCUT2D eigenvalue weighted by molar-refractivity contribution is -0.137. The van der Waals surface area contributed by atoms with Gasteiger partial charge in [0.05, 0.1) is 11.1 Å². The molecule has 1 aromatic carbocycles. The summed E-state index contributed by atoms with van der Waals surface area (Å²) in [5.41, 5.74) is -0.968. The Labute approximate surface area is 105 Å². The van der Waals surface area contributed by atoms with Gasteiger partial charge in [-0.2, -0.15) is 13.2 Å². The minimum Gasteiger partial charge on any atom is -0.478 e. The highest BCUT2D eigenvalue weighted by atomic mass is 19.4. The lowest BCUT2D eigenvalue weighted by atomic mass is 9.99. The van der Waals surface area contributed by atoms with Crippen LogP contribution in [0.5, 0.6) is 0 Å². The van der Waals surface area contributed by atoms with Crippen LogP contribution in [0, 0.1) is 0 Å². The molecule has 0 unspecified atom stereocenters. The number of hydrogen-bond donors (Lipinski definition) is 1. The topological polar surface area (TPSA) is 63.1 Å². The third-order valence-corrected chi connectivity index (χ3v) is 2.45. The monoisotopic (exact) mass is 268 g/mol. The Morgan fingerprint density at radius 2 is 1.79 bits per heavy atom. The molecule has 1 N–H and O–H groups in total. The van der Waals surface area contributed by atoms with E-state index in [4.69, 9.17) is 5.11 Å². The molecular weight excluding hydrogens is 261 g/mol. The fraction of sp³-hybridized carbons (Fsp3) is 0.0833. The predicted octanol–water partition coefficient (Wildman–Crippen LogP) is 2.86. The minimum absolute atomic E-state index is 0.140. The molecule has 1 heterocycles. The number of aromatic nitrogens is 2. The van der Waals surface area contributed by atoms with Crippen LogP contribution in [-0.2, 0) is 6.18 Å². The molecule has 0 saturated carbocycles. The maximum Gasteiger partial charge on any atom is 0.416 e. The van der Waals surface area contributed by atoms with Crippen molar-refractivity contribution in [2.24, 2.45) is 0 Å². The van der Waals surface area contributed by atoms with E-state index in [1.54, 1.807) is 0 Å². The summed E-state index contributed by atoms with van der Waals surface area (Å²) in [6.45, 7) is 0. The Balaban J connectivity index is 2.61. The first-order chi connectivity index (χ1) is 8.89. The van der Waals surface area contributed by atoms with Gasteiger partial charge in [-0.15, -0.1) is 0 Å². The molecule has 0 aliphatic carbocycles. The van der Waals surface area contributed by atoms with E-state index >= 15 is 0 Å². The van der Waals surface area contributed by atoms with E-state index < -0.39 is 23.3 Å². The minimum atomic E-state index is -4.59. The van der Waals surface area contributed by atoms with E-state index in [0.717, 1.165) is 12.1 Å². The fourth-order valence-corrected chi connectivity index (χ4v) is 1.59. The predicted molar refractivity (Wildman–Crippen MR) is 59.4 cm³/mol. The van der Waals surface area contributed by atoms with E-state index in [9.17, 15) is 18.0 Å². The average Bonchev–Trinajstić information content (AvgIpc) is 2.38. The molecule has 2 aromatic rings. The van der Waals surface area contributed by atoms with Gasteiger partial charge in [0.15, 0.2) is 0 Å². The molecule has 1 aromatic heterocycles. The number of alkyl halides is 3. The van der Waals surface area contributed by atoms with Gasteiger partial charge in [-0.05, 0) is 17.7 Å². The van der Waals surface area contributed by atoms with Crippen molar-refractivity contribution in [3.8, 4) is 11.1 Å². The van der Waals surface area contributed by atoms with Crippen LogP contribution >= 0.6 is 0 Å². The molecular formula is C12H7F3N2O2. The number of nitrogens with zero attached hydrogens (tertiary/aromatic N) is 2. The van der Waals surface area contributed by atoms with Gasteiger partial charge in [0.2, 0.25) is 0 Å². The Hall–Kier alpha value is -2.44. The zero-order valence-corrected chi connectivity index (χ0v) is 9.35. The van der Waals surface area contributed by atoms with Crippen LogP contribution in [0.25, 0.3) is 11.1 Å². The summed E-state index contributed by atoms with van der Waals surface area (Å²) in [6.07, 6.45) is -0.673. The first-order valence-corrected chi connectivity index (χ1v) is 5.09. The molecule has 4 nitrogen and oxygen atoms in total. The van der Waals surface area contributed by atoms with Crippen molar-refractivity contribution in [1.29, 1.82) is 0 Å². The first-order valence-electron chi connectivity index (χ1n) is 5.09. The molecule has 0 saturated heterocycles. The number of benzene rings is 1. The molecule has 0 radical (unpaired) electrons. The molecule has 7 heteroatoms. The number of carbonyl (C=O) groups is 1. The van der Waals surface area contributed by atoms with Crippen LogP contribution in [0.3, 0.4) is 0 Å². The Morgan fingerprint density at radius 3 is 2.32 bits per heavy atom. The van der Waals surface area contributed by atoms with Gasteiger partial charge in [-0.25, -0.2) is 14.8 Å². The first kappa shape index (κ1) is 13.0. The van der Waals surface area contributed by atoms with Crippen LogP contribution in [0.1, 0.15) is 15.9 Å². The Bertz CT molecular complexity index is 612. The van der Waals surface area contributed by atoms with Crippen molar-refractivity contribution in [3.05, 3.63) is 48.0 Å². The lowest BCUT2D eigenvalue weighted by Crippen LogP contribution is -2.08. The van der Waals surface area contributed by atoms with Crippen molar-refractivity contribution >= 4 is 5.97 Å². The number of hydrogen-bond acceptors (Lipinski definition) is 3.